The zero-order valence-electron chi connectivity index (χ0n) is 19.1. The van der Waals surface area contributed by atoms with E-state index < -0.39 is 12.1 Å². The number of aryl methyl sites for hydroxylation is 2. The SMILES string of the molecule is COC(=O)C(OC)c1ccc(C(c2cn(C)c3ccccc23)c2cn(C)c3ccccc23)o1. The third-order valence-corrected chi connectivity index (χ3v) is 6.32. The number of hydrogen-bond acceptors (Lipinski definition) is 4. The largest absolute Gasteiger partial charge is 0.467 e. The zero-order valence-corrected chi connectivity index (χ0v) is 19.1. The van der Waals surface area contributed by atoms with E-state index in [0.29, 0.717) is 5.76 Å². The summed E-state index contributed by atoms with van der Waals surface area (Å²) in [7, 11) is 6.92. The first-order chi connectivity index (χ1) is 16.0. The molecule has 1 atom stereocenters. The summed E-state index contributed by atoms with van der Waals surface area (Å²) in [6.07, 6.45) is 3.41. The van der Waals surface area contributed by atoms with Crippen LogP contribution in [0.5, 0.6) is 0 Å². The Kier molecular flexibility index (Phi) is 5.30. The zero-order chi connectivity index (χ0) is 23.1. The number of ether oxygens (including phenoxy) is 2. The minimum Gasteiger partial charge on any atom is -0.467 e. The number of carbonyl (C=O) groups excluding carboxylic acids is 1. The standard InChI is InChI=1S/C27H26N2O4/c1-28-15-19(17-9-5-7-11-21(17)28)25(20-16-29(2)22-12-8-6-10-18(20)22)23-13-14-24(33-23)26(31-3)27(30)32-4/h5-16,25-26H,1-4H3. The number of rotatable bonds is 6. The molecule has 0 aliphatic carbocycles. The number of furan rings is 1. The molecule has 0 N–H and O–H groups in total. The maximum absolute atomic E-state index is 12.2. The fourth-order valence-corrected chi connectivity index (χ4v) is 4.78. The predicted molar refractivity (Wildman–Crippen MR) is 127 cm³/mol. The molecular weight excluding hydrogens is 416 g/mol. The van der Waals surface area contributed by atoms with Gasteiger partial charge in [0.25, 0.3) is 0 Å². The van der Waals surface area contributed by atoms with Crippen molar-refractivity contribution in [3.05, 3.63) is 95.7 Å². The van der Waals surface area contributed by atoms with E-state index in [1.165, 1.54) is 14.2 Å². The minimum atomic E-state index is -0.913. The minimum absolute atomic E-state index is 0.175. The molecule has 0 radical (unpaired) electrons. The molecule has 0 saturated carbocycles. The number of fused-ring (bicyclic) bond motifs is 2. The van der Waals surface area contributed by atoms with Gasteiger partial charge in [-0.1, -0.05) is 36.4 Å². The fourth-order valence-electron chi connectivity index (χ4n) is 4.78. The maximum atomic E-state index is 12.2. The predicted octanol–water partition coefficient (Wildman–Crippen LogP) is 5.30. The second kappa shape index (κ2) is 8.30. The first-order valence-electron chi connectivity index (χ1n) is 10.8. The van der Waals surface area contributed by atoms with Crippen LogP contribution in [0.1, 0.15) is 34.7 Å². The number of aromatic nitrogens is 2. The quantitative estimate of drug-likeness (QED) is 0.335. The molecule has 0 amide bonds. The number of carbonyl (C=O) groups is 1. The number of hydrogen-bond donors (Lipinski definition) is 0. The van der Waals surface area contributed by atoms with E-state index in [-0.39, 0.29) is 5.92 Å². The van der Waals surface area contributed by atoms with E-state index in [4.69, 9.17) is 13.9 Å². The van der Waals surface area contributed by atoms with Crippen LogP contribution < -0.4 is 0 Å². The highest BCUT2D eigenvalue weighted by Crippen LogP contribution is 2.41. The van der Waals surface area contributed by atoms with Gasteiger partial charge in [0, 0.05) is 55.4 Å². The molecule has 33 heavy (non-hydrogen) atoms. The van der Waals surface area contributed by atoms with Gasteiger partial charge >= 0.3 is 5.97 Å². The van der Waals surface area contributed by atoms with Crippen molar-refractivity contribution in [2.75, 3.05) is 14.2 Å². The van der Waals surface area contributed by atoms with Gasteiger partial charge in [0.2, 0.25) is 6.10 Å². The molecule has 1 unspecified atom stereocenters. The molecule has 0 aliphatic rings. The van der Waals surface area contributed by atoms with Gasteiger partial charge in [-0.05, 0) is 35.4 Å². The average Bonchev–Trinajstić information content (AvgIpc) is 3.53. The highest BCUT2D eigenvalue weighted by atomic mass is 16.6. The summed E-state index contributed by atoms with van der Waals surface area (Å²) >= 11 is 0. The van der Waals surface area contributed by atoms with E-state index in [0.717, 1.165) is 38.7 Å². The molecule has 3 aromatic heterocycles. The summed E-state index contributed by atoms with van der Waals surface area (Å²) in [5.41, 5.74) is 4.57. The summed E-state index contributed by atoms with van der Waals surface area (Å²) < 4.78 is 20.8. The normalized spacial score (nSPS) is 12.6. The Morgan fingerprint density at radius 1 is 0.788 bits per heavy atom. The van der Waals surface area contributed by atoms with E-state index >= 15 is 0 Å². The number of para-hydroxylation sites is 2. The molecule has 0 aliphatic heterocycles. The van der Waals surface area contributed by atoms with Gasteiger partial charge in [-0.25, -0.2) is 4.79 Å². The first kappa shape index (κ1) is 21.1. The third-order valence-electron chi connectivity index (χ3n) is 6.32. The molecule has 5 aromatic rings. The lowest BCUT2D eigenvalue weighted by Gasteiger charge is -2.15. The van der Waals surface area contributed by atoms with Gasteiger partial charge in [0.15, 0.2) is 0 Å². The lowest BCUT2D eigenvalue weighted by Crippen LogP contribution is -2.15. The van der Waals surface area contributed by atoms with Gasteiger partial charge in [-0.2, -0.15) is 0 Å². The topological polar surface area (TPSA) is 58.5 Å². The van der Waals surface area contributed by atoms with Gasteiger partial charge in [0.1, 0.15) is 11.5 Å². The van der Waals surface area contributed by atoms with Crippen LogP contribution >= 0.6 is 0 Å². The molecule has 0 bridgehead atoms. The van der Waals surface area contributed by atoms with Crippen molar-refractivity contribution in [3.63, 3.8) is 0 Å². The number of methoxy groups -OCH3 is 2. The Hall–Kier alpha value is -3.77. The summed E-state index contributed by atoms with van der Waals surface area (Å²) in [5.74, 6) is 0.491. The van der Waals surface area contributed by atoms with Crippen LogP contribution in [0, 0.1) is 0 Å². The molecule has 0 fully saturated rings. The van der Waals surface area contributed by atoms with Crippen LogP contribution in [0.3, 0.4) is 0 Å². The van der Waals surface area contributed by atoms with Crippen molar-refractivity contribution in [2.24, 2.45) is 14.1 Å². The first-order valence-corrected chi connectivity index (χ1v) is 10.8. The summed E-state index contributed by atoms with van der Waals surface area (Å²) in [5, 5.41) is 2.32. The van der Waals surface area contributed by atoms with E-state index in [1.54, 1.807) is 6.07 Å². The van der Waals surface area contributed by atoms with Crippen molar-refractivity contribution in [2.45, 2.75) is 12.0 Å². The van der Waals surface area contributed by atoms with E-state index in [2.05, 4.69) is 72.0 Å². The Bertz CT molecular complexity index is 1380. The molecule has 6 nitrogen and oxygen atoms in total. The summed E-state index contributed by atoms with van der Waals surface area (Å²) in [4.78, 5) is 12.2. The maximum Gasteiger partial charge on any atom is 0.342 e. The van der Waals surface area contributed by atoms with Crippen molar-refractivity contribution < 1.29 is 18.7 Å². The molecule has 5 rings (SSSR count). The monoisotopic (exact) mass is 442 g/mol. The molecule has 2 aromatic carbocycles. The van der Waals surface area contributed by atoms with Crippen molar-refractivity contribution in [1.82, 2.24) is 9.13 Å². The van der Waals surface area contributed by atoms with Crippen molar-refractivity contribution in [1.29, 1.82) is 0 Å². The second-order valence-corrected chi connectivity index (χ2v) is 8.24. The molecule has 0 saturated heterocycles. The van der Waals surface area contributed by atoms with Crippen LogP contribution in [-0.2, 0) is 28.4 Å². The van der Waals surface area contributed by atoms with Gasteiger partial charge in [0.05, 0.1) is 13.0 Å². The smallest absolute Gasteiger partial charge is 0.342 e. The van der Waals surface area contributed by atoms with Crippen LogP contribution in [0.2, 0.25) is 0 Å². The van der Waals surface area contributed by atoms with Gasteiger partial charge < -0.3 is 23.0 Å². The van der Waals surface area contributed by atoms with Gasteiger partial charge in [-0.15, -0.1) is 0 Å². The number of nitrogens with zero attached hydrogens (tertiary/aromatic N) is 2. The Balaban J connectivity index is 1.75. The fraction of sp³-hybridized carbons (Fsp3) is 0.222. The molecule has 0 spiro atoms. The van der Waals surface area contributed by atoms with Crippen molar-refractivity contribution >= 4 is 27.8 Å². The van der Waals surface area contributed by atoms with E-state index in [9.17, 15) is 4.79 Å². The lowest BCUT2D eigenvalue weighted by molar-refractivity contribution is -0.153. The van der Waals surface area contributed by atoms with E-state index in [1.807, 2.05) is 18.2 Å². The lowest BCUT2D eigenvalue weighted by atomic mass is 9.88. The highest BCUT2D eigenvalue weighted by Gasteiger charge is 2.30. The van der Waals surface area contributed by atoms with Gasteiger partial charge in [-0.3, -0.25) is 0 Å². The molecular formula is C27H26N2O4. The van der Waals surface area contributed by atoms with Crippen LogP contribution in [-0.4, -0.2) is 29.3 Å². The third kappa shape index (κ3) is 3.43. The molecule has 3 heterocycles. The summed E-state index contributed by atoms with van der Waals surface area (Å²) in [6, 6.07) is 20.4. The number of esters is 1. The van der Waals surface area contributed by atoms with Crippen LogP contribution in [0.25, 0.3) is 21.8 Å². The Labute approximate surface area is 191 Å². The molecule has 168 valence electrons. The average molecular weight is 443 g/mol. The van der Waals surface area contributed by atoms with Crippen LogP contribution in [0.4, 0.5) is 0 Å². The highest BCUT2D eigenvalue weighted by molar-refractivity contribution is 5.89. The summed E-state index contributed by atoms with van der Waals surface area (Å²) in [6.45, 7) is 0. The molecule has 6 heteroatoms. The number of benzene rings is 2. The second-order valence-electron chi connectivity index (χ2n) is 8.24. The Morgan fingerprint density at radius 3 is 1.82 bits per heavy atom. The van der Waals surface area contributed by atoms with Crippen LogP contribution in [0.15, 0.2) is 77.5 Å². The van der Waals surface area contributed by atoms with Crippen molar-refractivity contribution in [3.8, 4) is 0 Å². The Morgan fingerprint density at radius 2 is 1.30 bits per heavy atom.